The molecule has 0 aliphatic carbocycles. The lowest BCUT2D eigenvalue weighted by Crippen LogP contribution is -2.61. The molecule has 1 aliphatic heterocycles. The molecule has 194 valence electrons. The zero-order valence-corrected chi connectivity index (χ0v) is 20.8. The van der Waals surface area contributed by atoms with Crippen LogP contribution in [0.3, 0.4) is 0 Å². The summed E-state index contributed by atoms with van der Waals surface area (Å²) in [4.78, 5) is 13.2. The number of hydrogen-bond donors (Lipinski definition) is 4. The first kappa shape index (κ1) is 25.0. The fraction of sp³-hybridized carbons (Fsp3) is 0.321. The van der Waals surface area contributed by atoms with Gasteiger partial charge in [-0.05, 0) is 49.2 Å². The van der Waals surface area contributed by atoms with Gasteiger partial charge >= 0.3 is 5.63 Å². The summed E-state index contributed by atoms with van der Waals surface area (Å²) in [5, 5.41) is 44.8. The van der Waals surface area contributed by atoms with E-state index in [2.05, 4.69) is 6.58 Å². The topological polar surface area (TPSA) is 139 Å². The number of fused-ring (bicyclic) bond motifs is 5. The minimum atomic E-state index is -1.71. The molecule has 0 radical (unpaired) electrons. The second-order valence-electron chi connectivity index (χ2n) is 9.48. The van der Waals surface area contributed by atoms with Crippen LogP contribution in [0.4, 0.5) is 0 Å². The first-order chi connectivity index (χ1) is 17.5. The van der Waals surface area contributed by atoms with Gasteiger partial charge < -0.3 is 39.1 Å². The second kappa shape index (κ2) is 8.74. The number of rotatable bonds is 4. The molecule has 37 heavy (non-hydrogen) atoms. The molecule has 5 unspecified atom stereocenters. The SMILES string of the molecule is C=Cc1cc(OC)c2c(c1)c(=O)oc1c2cc(OC)c2c(O)ccc(C3OC(C)C(C)(O)C(O)C3O)c21. The van der Waals surface area contributed by atoms with Crippen LogP contribution in [-0.4, -0.2) is 58.6 Å². The molecule has 1 aliphatic rings. The van der Waals surface area contributed by atoms with Crippen molar-refractivity contribution >= 4 is 38.6 Å². The van der Waals surface area contributed by atoms with Gasteiger partial charge in [-0.25, -0.2) is 4.79 Å². The van der Waals surface area contributed by atoms with E-state index in [9.17, 15) is 25.2 Å². The Bertz CT molecular complexity index is 1620. The average Bonchev–Trinajstić information content (AvgIpc) is 2.89. The van der Waals surface area contributed by atoms with Crippen LogP contribution in [-0.2, 0) is 4.74 Å². The number of phenolic OH excluding ortho intramolecular Hbond substituents is 1. The molecule has 5 atom stereocenters. The van der Waals surface area contributed by atoms with Crippen LogP contribution in [0.2, 0.25) is 0 Å². The van der Waals surface area contributed by atoms with Crippen molar-refractivity contribution in [2.75, 3.05) is 14.2 Å². The lowest BCUT2D eigenvalue weighted by atomic mass is 9.81. The molecule has 0 spiro atoms. The molecule has 4 N–H and O–H groups in total. The van der Waals surface area contributed by atoms with E-state index >= 15 is 0 Å². The molecule has 9 heteroatoms. The Morgan fingerprint density at radius 3 is 2.35 bits per heavy atom. The Morgan fingerprint density at radius 1 is 1.03 bits per heavy atom. The van der Waals surface area contributed by atoms with Gasteiger partial charge in [-0.15, -0.1) is 0 Å². The molecule has 9 nitrogen and oxygen atoms in total. The zero-order chi connectivity index (χ0) is 26.8. The quantitative estimate of drug-likeness (QED) is 0.241. The van der Waals surface area contributed by atoms with Gasteiger partial charge in [0.15, 0.2) is 0 Å². The van der Waals surface area contributed by atoms with E-state index in [1.165, 1.54) is 33.3 Å². The van der Waals surface area contributed by atoms with Gasteiger partial charge in [-0.2, -0.15) is 0 Å². The highest BCUT2D eigenvalue weighted by Gasteiger charge is 2.50. The smallest absolute Gasteiger partial charge is 0.344 e. The van der Waals surface area contributed by atoms with Crippen LogP contribution in [0.15, 0.2) is 46.1 Å². The lowest BCUT2D eigenvalue weighted by molar-refractivity contribution is -0.260. The van der Waals surface area contributed by atoms with Gasteiger partial charge in [0.2, 0.25) is 0 Å². The van der Waals surface area contributed by atoms with E-state index in [0.717, 1.165) is 0 Å². The normalized spacial score (nSPS) is 26.0. The number of methoxy groups -OCH3 is 2. The van der Waals surface area contributed by atoms with Crippen molar-refractivity contribution in [1.29, 1.82) is 0 Å². The minimum Gasteiger partial charge on any atom is -0.507 e. The molecule has 5 rings (SSSR count). The molecule has 1 fully saturated rings. The van der Waals surface area contributed by atoms with Crippen molar-refractivity contribution in [1.82, 2.24) is 0 Å². The van der Waals surface area contributed by atoms with Gasteiger partial charge in [0.1, 0.15) is 46.7 Å². The summed E-state index contributed by atoms with van der Waals surface area (Å²) in [6.07, 6.45) is -3.47. The van der Waals surface area contributed by atoms with Gasteiger partial charge in [-0.3, -0.25) is 0 Å². The van der Waals surface area contributed by atoms with Crippen LogP contribution < -0.4 is 15.1 Å². The van der Waals surface area contributed by atoms with E-state index in [1.807, 2.05) is 0 Å². The molecule has 2 heterocycles. The summed E-state index contributed by atoms with van der Waals surface area (Å²) < 4.78 is 23.1. The third-order valence-corrected chi connectivity index (χ3v) is 7.41. The van der Waals surface area contributed by atoms with Gasteiger partial charge in [0, 0.05) is 16.2 Å². The van der Waals surface area contributed by atoms with Gasteiger partial charge in [0.05, 0.1) is 31.1 Å². The van der Waals surface area contributed by atoms with Gasteiger partial charge in [0.25, 0.3) is 0 Å². The summed E-state index contributed by atoms with van der Waals surface area (Å²) in [5.74, 6) is 0.528. The minimum absolute atomic E-state index is 0.110. The Labute approximate surface area is 211 Å². The molecule has 0 amide bonds. The molecule has 0 bridgehead atoms. The van der Waals surface area contributed by atoms with Crippen LogP contribution >= 0.6 is 0 Å². The maximum Gasteiger partial charge on any atom is 0.344 e. The summed E-state index contributed by atoms with van der Waals surface area (Å²) in [7, 11) is 2.93. The molecule has 3 aromatic carbocycles. The zero-order valence-electron chi connectivity index (χ0n) is 20.8. The number of hydrogen-bond acceptors (Lipinski definition) is 9. The van der Waals surface area contributed by atoms with Crippen molar-refractivity contribution in [3.8, 4) is 17.2 Å². The summed E-state index contributed by atoms with van der Waals surface area (Å²) >= 11 is 0. The monoisotopic (exact) mass is 508 g/mol. The van der Waals surface area contributed by atoms with E-state index in [-0.39, 0.29) is 33.2 Å². The van der Waals surface area contributed by atoms with E-state index in [0.29, 0.717) is 27.6 Å². The van der Waals surface area contributed by atoms with E-state index < -0.39 is 35.6 Å². The first-order valence-corrected chi connectivity index (χ1v) is 11.7. The molecule has 4 aromatic rings. The molecular weight excluding hydrogens is 480 g/mol. The highest BCUT2D eigenvalue weighted by atomic mass is 16.5. The number of aliphatic hydroxyl groups excluding tert-OH is 2. The van der Waals surface area contributed by atoms with Crippen LogP contribution in [0, 0.1) is 0 Å². The Hall–Kier alpha value is -3.63. The summed E-state index contributed by atoms with van der Waals surface area (Å²) in [6.45, 7) is 6.73. The number of aromatic hydroxyl groups is 1. The maximum atomic E-state index is 13.2. The first-order valence-electron chi connectivity index (χ1n) is 11.7. The van der Waals surface area contributed by atoms with Crippen molar-refractivity contribution in [3.63, 3.8) is 0 Å². The number of phenols is 1. The fourth-order valence-corrected chi connectivity index (χ4v) is 5.14. The predicted molar refractivity (Wildman–Crippen MR) is 138 cm³/mol. The largest absolute Gasteiger partial charge is 0.507 e. The summed E-state index contributed by atoms with van der Waals surface area (Å²) in [5.41, 5.74) is -1.25. The van der Waals surface area contributed by atoms with Crippen molar-refractivity contribution in [2.45, 2.75) is 43.9 Å². The van der Waals surface area contributed by atoms with Crippen LogP contribution in [0.25, 0.3) is 38.6 Å². The Balaban J connectivity index is 1.96. The number of ether oxygens (including phenoxy) is 3. The highest BCUT2D eigenvalue weighted by Crippen LogP contribution is 2.47. The summed E-state index contributed by atoms with van der Waals surface area (Å²) in [6, 6.07) is 7.95. The van der Waals surface area contributed by atoms with Crippen molar-refractivity contribution < 1.29 is 39.1 Å². The molecule has 1 saturated heterocycles. The molecule has 0 saturated carbocycles. The lowest BCUT2D eigenvalue weighted by Gasteiger charge is -2.46. The standard InChI is InChI=1S/C28H28O9/c1-6-13-9-16-20(18(10-13)34-4)15-11-19(35-5)22-17(29)8-7-14(21(22)24(15)37-27(16)32)25-23(30)26(31)28(3,33)12(2)36-25/h6-12,23,25-26,29-31,33H,1H2,2-5H3. The van der Waals surface area contributed by atoms with Crippen molar-refractivity contribution in [2.24, 2.45) is 0 Å². The second-order valence-corrected chi connectivity index (χ2v) is 9.48. The number of benzene rings is 3. The fourth-order valence-electron chi connectivity index (χ4n) is 5.14. The third kappa shape index (κ3) is 3.58. The third-order valence-electron chi connectivity index (χ3n) is 7.41. The van der Waals surface area contributed by atoms with Crippen molar-refractivity contribution in [3.05, 3.63) is 58.5 Å². The van der Waals surface area contributed by atoms with Crippen LogP contribution in [0.1, 0.15) is 31.1 Å². The van der Waals surface area contributed by atoms with E-state index in [4.69, 9.17) is 18.6 Å². The van der Waals surface area contributed by atoms with E-state index in [1.54, 1.807) is 31.2 Å². The maximum absolute atomic E-state index is 13.2. The Kier molecular flexibility index (Phi) is 5.91. The number of aliphatic hydroxyl groups is 3. The molecule has 1 aromatic heterocycles. The highest BCUT2D eigenvalue weighted by molar-refractivity contribution is 6.19. The Morgan fingerprint density at radius 2 is 1.70 bits per heavy atom. The molecular formula is C28H28O9. The average molecular weight is 509 g/mol. The van der Waals surface area contributed by atoms with Gasteiger partial charge in [-0.1, -0.05) is 18.7 Å². The van der Waals surface area contributed by atoms with Crippen LogP contribution in [0.5, 0.6) is 17.2 Å². The predicted octanol–water partition coefficient (Wildman–Crippen LogP) is 3.40.